The third-order valence-corrected chi connectivity index (χ3v) is 4.24. The molecule has 1 fully saturated rings. The minimum atomic E-state index is -0.401. The van der Waals surface area contributed by atoms with Gasteiger partial charge in [-0.05, 0) is 49.8 Å². The third-order valence-electron chi connectivity index (χ3n) is 4.24. The second-order valence-corrected chi connectivity index (χ2v) is 5.59. The van der Waals surface area contributed by atoms with Gasteiger partial charge in [0.1, 0.15) is 0 Å². The molecule has 3 heteroatoms. The van der Waals surface area contributed by atoms with E-state index in [1.165, 1.54) is 12.8 Å². The second-order valence-electron chi connectivity index (χ2n) is 5.59. The topological polar surface area (TPSA) is 38.7 Å². The molecular weight excluding hydrogens is 252 g/mol. The summed E-state index contributed by atoms with van der Waals surface area (Å²) in [6.07, 6.45) is 3.15. The molecule has 1 aliphatic rings. The van der Waals surface area contributed by atoms with Crippen LogP contribution in [0.4, 0.5) is 0 Å². The Balaban J connectivity index is 2.20. The summed E-state index contributed by atoms with van der Waals surface area (Å²) in [6, 6.07) is 5.81. The number of ether oxygens (including phenoxy) is 2. The van der Waals surface area contributed by atoms with E-state index in [1.54, 1.807) is 0 Å². The van der Waals surface area contributed by atoms with Crippen LogP contribution in [0.3, 0.4) is 0 Å². The van der Waals surface area contributed by atoms with Crippen LogP contribution < -0.4 is 9.47 Å². The predicted octanol–water partition coefficient (Wildman–Crippen LogP) is 3.95. The lowest BCUT2D eigenvalue weighted by Crippen LogP contribution is -2.15. The largest absolute Gasteiger partial charge is 0.490 e. The van der Waals surface area contributed by atoms with Crippen LogP contribution in [0.2, 0.25) is 0 Å². The predicted molar refractivity (Wildman–Crippen MR) is 80.2 cm³/mol. The summed E-state index contributed by atoms with van der Waals surface area (Å²) in [5.74, 6) is 2.44. The van der Waals surface area contributed by atoms with Crippen LogP contribution >= 0.6 is 0 Å². The maximum atomic E-state index is 10.6. The standard InChI is InChI=1S/C17H26O3/c1-4-19-15-10-9-13(11-16(15)20-5-2)17(18)14-8-6-7-12(14)3/h9-12,14,17-18H,4-8H2,1-3H3. The summed E-state index contributed by atoms with van der Waals surface area (Å²) in [5.41, 5.74) is 0.940. The Kier molecular flexibility index (Phi) is 5.30. The van der Waals surface area contributed by atoms with Gasteiger partial charge in [-0.2, -0.15) is 0 Å². The Morgan fingerprint density at radius 2 is 1.85 bits per heavy atom. The van der Waals surface area contributed by atoms with Gasteiger partial charge in [-0.1, -0.05) is 25.8 Å². The highest BCUT2D eigenvalue weighted by Crippen LogP contribution is 2.41. The molecule has 1 aliphatic carbocycles. The third kappa shape index (κ3) is 3.26. The van der Waals surface area contributed by atoms with Gasteiger partial charge in [0.25, 0.3) is 0 Å². The normalized spacial score (nSPS) is 23.6. The number of rotatable bonds is 6. The van der Waals surface area contributed by atoms with Gasteiger partial charge in [-0.25, -0.2) is 0 Å². The summed E-state index contributed by atoms with van der Waals surface area (Å²) in [7, 11) is 0. The smallest absolute Gasteiger partial charge is 0.161 e. The quantitative estimate of drug-likeness (QED) is 0.856. The highest BCUT2D eigenvalue weighted by Gasteiger charge is 2.31. The van der Waals surface area contributed by atoms with E-state index in [-0.39, 0.29) is 0 Å². The van der Waals surface area contributed by atoms with E-state index in [2.05, 4.69) is 6.92 Å². The van der Waals surface area contributed by atoms with Gasteiger partial charge in [-0.3, -0.25) is 0 Å². The molecule has 1 N–H and O–H groups in total. The molecule has 0 aliphatic heterocycles. The van der Waals surface area contributed by atoms with Crippen LogP contribution in [-0.2, 0) is 0 Å². The maximum Gasteiger partial charge on any atom is 0.161 e. The highest BCUT2D eigenvalue weighted by molar-refractivity contribution is 5.43. The summed E-state index contributed by atoms with van der Waals surface area (Å²) in [6.45, 7) is 7.36. The first-order valence-corrected chi connectivity index (χ1v) is 7.75. The molecule has 0 radical (unpaired) electrons. The molecule has 3 unspecified atom stereocenters. The van der Waals surface area contributed by atoms with E-state index in [1.807, 2.05) is 32.0 Å². The summed E-state index contributed by atoms with van der Waals surface area (Å²) in [5, 5.41) is 10.6. The fourth-order valence-corrected chi connectivity index (χ4v) is 3.14. The first-order chi connectivity index (χ1) is 9.67. The number of benzene rings is 1. The molecule has 3 nitrogen and oxygen atoms in total. The first-order valence-electron chi connectivity index (χ1n) is 7.75. The van der Waals surface area contributed by atoms with E-state index in [4.69, 9.17) is 9.47 Å². The Bertz CT molecular complexity index is 430. The van der Waals surface area contributed by atoms with Crippen molar-refractivity contribution in [3.05, 3.63) is 23.8 Å². The van der Waals surface area contributed by atoms with E-state index < -0.39 is 6.10 Å². The number of hydrogen-bond donors (Lipinski definition) is 1. The molecule has 0 heterocycles. The SMILES string of the molecule is CCOc1ccc(C(O)C2CCCC2C)cc1OCC. The van der Waals surface area contributed by atoms with Gasteiger partial charge in [0.05, 0.1) is 19.3 Å². The molecule has 1 aromatic rings. The van der Waals surface area contributed by atoms with E-state index in [0.29, 0.717) is 25.0 Å². The molecule has 0 amide bonds. The van der Waals surface area contributed by atoms with Crippen molar-refractivity contribution in [3.8, 4) is 11.5 Å². The molecule has 3 atom stereocenters. The highest BCUT2D eigenvalue weighted by atomic mass is 16.5. The fraction of sp³-hybridized carbons (Fsp3) is 0.647. The zero-order valence-corrected chi connectivity index (χ0v) is 12.8. The van der Waals surface area contributed by atoms with E-state index in [9.17, 15) is 5.11 Å². The van der Waals surface area contributed by atoms with Crippen molar-refractivity contribution in [2.24, 2.45) is 11.8 Å². The molecule has 112 valence electrons. The monoisotopic (exact) mass is 278 g/mol. The molecule has 0 aromatic heterocycles. The van der Waals surface area contributed by atoms with Gasteiger partial charge in [0.15, 0.2) is 11.5 Å². The van der Waals surface area contributed by atoms with E-state index in [0.717, 1.165) is 23.5 Å². The van der Waals surface area contributed by atoms with Crippen LogP contribution in [-0.4, -0.2) is 18.3 Å². The van der Waals surface area contributed by atoms with Crippen LogP contribution in [0.25, 0.3) is 0 Å². The Labute approximate surface area is 121 Å². The van der Waals surface area contributed by atoms with Crippen molar-refractivity contribution >= 4 is 0 Å². The Morgan fingerprint density at radius 1 is 1.15 bits per heavy atom. The fourth-order valence-electron chi connectivity index (χ4n) is 3.14. The van der Waals surface area contributed by atoms with Gasteiger partial charge < -0.3 is 14.6 Å². The lowest BCUT2D eigenvalue weighted by atomic mass is 9.88. The minimum Gasteiger partial charge on any atom is -0.490 e. The van der Waals surface area contributed by atoms with Gasteiger partial charge in [0.2, 0.25) is 0 Å². The lowest BCUT2D eigenvalue weighted by molar-refractivity contribution is 0.0897. The Morgan fingerprint density at radius 3 is 2.45 bits per heavy atom. The van der Waals surface area contributed by atoms with Crippen molar-refractivity contribution in [1.29, 1.82) is 0 Å². The van der Waals surface area contributed by atoms with Gasteiger partial charge >= 0.3 is 0 Å². The molecule has 20 heavy (non-hydrogen) atoms. The molecule has 0 bridgehead atoms. The zero-order valence-electron chi connectivity index (χ0n) is 12.8. The summed E-state index contributed by atoms with van der Waals surface area (Å²) >= 11 is 0. The number of hydrogen-bond acceptors (Lipinski definition) is 3. The average molecular weight is 278 g/mol. The van der Waals surface area contributed by atoms with Crippen molar-refractivity contribution in [1.82, 2.24) is 0 Å². The molecule has 0 spiro atoms. The second kappa shape index (κ2) is 6.98. The number of aliphatic hydroxyl groups excluding tert-OH is 1. The van der Waals surface area contributed by atoms with Crippen molar-refractivity contribution < 1.29 is 14.6 Å². The van der Waals surface area contributed by atoms with Crippen LogP contribution in [0.5, 0.6) is 11.5 Å². The van der Waals surface area contributed by atoms with Gasteiger partial charge in [-0.15, -0.1) is 0 Å². The van der Waals surface area contributed by atoms with Crippen LogP contribution in [0.1, 0.15) is 51.7 Å². The first kappa shape index (κ1) is 15.2. The minimum absolute atomic E-state index is 0.363. The average Bonchev–Trinajstić information content (AvgIpc) is 2.86. The number of aliphatic hydroxyl groups is 1. The maximum absolute atomic E-state index is 10.6. The lowest BCUT2D eigenvalue weighted by Gasteiger charge is -2.23. The molecule has 1 aromatic carbocycles. The summed E-state index contributed by atoms with van der Waals surface area (Å²) in [4.78, 5) is 0. The van der Waals surface area contributed by atoms with Crippen molar-refractivity contribution in [3.63, 3.8) is 0 Å². The van der Waals surface area contributed by atoms with E-state index >= 15 is 0 Å². The molecule has 2 rings (SSSR count). The van der Waals surface area contributed by atoms with Crippen LogP contribution in [0, 0.1) is 11.8 Å². The van der Waals surface area contributed by atoms with Gasteiger partial charge in [0, 0.05) is 0 Å². The zero-order chi connectivity index (χ0) is 14.5. The molecule has 1 saturated carbocycles. The molecular formula is C17H26O3. The van der Waals surface area contributed by atoms with Crippen molar-refractivity contribution in [2.75, 3.05) is 13.2 Å². The van der Waals surface area contributed by atoms with Crippen molar-refractivity contribution in [2.45, 2.75) is 46.1 Å². The summed E-state index contributed by atoms with van der Waals surface area (Å²) < 4.78 is 11.2. The molecule has 0 saturated heterocycles. The Hall–Kier alpha value is -1.22. The van der Waals surface area contributed by atoms with Crippen LogP contribution in [0.15, 0.2) is 18.2 Å².